The van der Waals surface area contributed by atoms with E-state index in [1.54, 1.807) is 0 Å². The van der Waals surface area contributed by atoms with Crippen LogP contribution in [0, 0.1) is 0 Å². The maximum absolute atomic E-state index is 5.53. The normalized spacial score (nSPS) is 21.9. The Labute approximate surface area is 56.8 Å². The third kappa shape index (κ3) is 2.38. The summed E-state index contributed by atoms with van der Waals surface area (Å²) in [6.45, 7) is 0. The van der Waals surface area contributed by atoms with Crippen molar-refractivity contribution in [1.29, 1.82) is 0 Å². The molecule has 0 aromatic rings. The summed E-state index contributed by atoms with van der Waals surface area (Å²) in [6.07, 6.45) is 5.25. The van der Waals surface area contributed by atoms with Crippen molar-refractivity contribution >= 4 is 18.9 Å². The Balaban J connectivity index is 0.000000360. The van der Waals surface area contributed by atoms with Crippen LogP contribution in [-0.2, 0) is 0 Å². The van der Waals surface area contributed by atoms with Gasteiger partial charge in [0.2, 0.25) is 0 Å². The van der Waals surface area contributed by atoms with Gasteiger partial charge in [0.05, 0.1) is 0 Å². The Kier molecular flexibility index (Phi) is 3.83. The third-order valence-corrected chi connectivity index (χ3v) is 1.40. The van der Waals surface area contributed by atoms with Crippen LogP contribution in [-0.4, -0.2) is 24.9 Å². The van der Waals surface area contributed by atoms with Crippen molar-refractivity contribution in [2.24, 2.45) is 5.73 Å². The van der Waals surface area contributed by atoms with Crippen molar-refractivity contribution in [3.63, 3.8) is 0 Å². The molecule has 37 valence electrons. The molecule has 0 aliphatic heterocycles. The van der Waals surface area contributed by atoms with Crippen LogP contribution in [0.2, 0.25) is 0 Å². The summed E-state index contributed by atoms with van der Waals surface area (Å²) in [6, 6.07) is 0.546. The summed E-state index contributed by atoms with van der Waals surface area (Å²) in [5, 5.41) is 0. The Morgan fingerprint density at radius 1 is 1.14 bits per heavy atom. The van der Waals surface area contributed by atoms with Gasteiger partial charge < -0.3 is 5.73 Å². The zero-order valence-electron chi connectivity index (χ0n) is 4.98. The molecule has 0 heterocycles. The number of rotatable bonds is 0. The first-order valence-electron chi connectivity index (χ1n) is 2.65. The molecule has 1 aliphatic rings. The van der Waals surface area contributed by atoms with E-state index < -0.39 is 0 Å². The Hall–Kier alpha value is 0.557. The van der Waals surface area contributed by atoms with E-state index in [-0.39, 0.29) is 18.9 Å². The molecule has 0 bridgehead atoms. The van der Waals surface area contributed by atoms with Gasteiger partial charge in [-0.3, -0.25) is 0 Å². The van der Waals surface area contributed by atoms with Crippen molar-refractivity contribution in [1.82, 2.24) is 0 Å². The third-order valence-electron chi connectivity index (χ3n) is 1.40. The van der Waals surface area contributed by atoms with Crippen molar-refractivity contribution in [2.45, 2.75) is 31.7 Å². The molecular weight excluding hydrogens is 81.0 g/mol. The van der Waals surface area contributed by atoms with Crippen molar-refractivity contribution in [3.8, 4) is 0 Å². The van der Waals surface area contributed by atoms with Crippen LogP contribution < -0.4 is 5.73 Å². The molecule has 1 nitrogen and oxygen atoms in total. The zero-order valence-corrected chi connectivity index (χ0v) is 4.98. The molecule has 1 aliphatic carbocycles. The van der Waals surface area contributed by atoms with Gasteiger partial charge in [-0.05, 0) is 12.8 Å². The van der Waals surface area contributed by atoms with E-state index in [1.807, 2.05) is 0 Å². The van der Waals surface area contributed by atoms with Crippen LogP contribution >= 0.6 is 0 Å². The second-order valence-corrected chi connectivity index (χ2v) is 2.04. The first-order valence-corrected chi connectivity index (χ1v) is 2.65. The quantitative estimate of drug-likeness (QED) is 0.433. The van der Waals surface area contributed by atoms with Gasteiger partial charge in [0.1, 0.15) is 0 Å². The second-order valence-electron chi connectivity index (χ2n) is 2.04. The van der Waals surface area contributed by atoms with Gasteiger partial charge in [-0.15, -0.1) is 0 Å². The number of hydrogen-bond acceptors (Lipinski definition) is 1. The molecule has 0 unspecified atom stereocenters. The molecule has 2 N–H and O–H groups in total. The minimum Gasteiger partial charge on any atom is -0.328 e. The van der Waals surface area contributed by atoms with Crippen LogP contribution in [0.1, 0.15) is 25.7 Å². The smallest absolute Gasteiger partial charge is 0.00388 e. The van der Waals surface area contributed by atoms with Crippen molar-refractivity contribution in [3.05, 3.63) is 0 Å². The largest absolute Gasteiger partial charge is 0.328 e. The molecule has 7 heavy (non-hydrogen) atoms. The first kappa shape index (κ1) is 7.56. The fourth-order valence-electron chi connectivity index (χ4n) is 0.957. The molecule has 0 atom stereocenters. The fourth-order valence-corrected chi connectivity index (χ4v) is 0.957. The summed E-state index contributed by atoms with van der Waals surface area (Å²) in [7, 11) is 0. The summed E-state index contributed by atoms with van der Waals surface area (Å²) in [4.78, 5) is 0. The summed E-state index contributed by atoms with van der Waals surface area (Å²) >= 11 is 0. The van der Waals surface area contributed by atoms with E-state index in [0.717, 1.165) is 0 Å². The Morgan fingerprint density at radius 3 is 1.71 bits per heavy atom. The molecule has 2 heteroatoms. The van der Waals surface area contributed by atoms with Crippen LogP contribution in [0.4, 0.5) is 0 Å². The van der Waals surface area contributed by atoms with Gasteiger partial charge in [0, 0.05) is 24.9 Å². The van der Waals surface area contributed by atoms with Gasteiger partial charge in [0.25, 0.3) is 0 Å². The summed E-state index contributed by atoms with van der Waals surface area (Å²) < 4.78 is 0. The molecule has 1 fully saturated rings. The fraction of sp³-hybridized carbons (Fsp3) is 1.00. The molecule has 0 spiro atoms. The molecule has 0 saturated heterocycles. The molecule has 1 radical (unpaired) electrons. The van der Waals surface area contributed by atoms with Gasteiger partial charge in [0.15, 0.2) is 0 Å². The van der Waals surface area contributed by atoms with Crippen LogP contribution in [0.5, 0.6) is 0 Å². The summed E-state index contributed by atoms with van der Waals surface area (Å²) in [5.74, 6) is 0. The van der Waals surface area contributed by atoms with Crippen LogP contribution in [0.25, 0.3) is 0 Å². The van der Waals surface area contributed by atoms with E-state index in [4.69, 9.17) is 5.73 Å². The van der Waals surface area contributed by atoms with Crippen molar-refractivity contribution < 1.29 is 0 Å². The maximum atomic E-state index is 5.53. The van der Waals surface area contributed by atoms with Gasteiger partial charge >= 0.3 is 0 Å². The zero-order chi connectivity index (χ0) is 4.41. The average Bonchev–Trinajstić information content (AvgIpc) is 1.86. The Bertz CT molecular complexity index is 41.3. The SMILES string of the molecule is NC1CCCC1.[Li]. The summed E-state index contributed by atoms with van der Waals surface area (Å²) in [5.41, 5.74) is 5.53. The monoisotopic (exact) mass is 92.1 g/mol. The van der Waals surface area contributed by atoms with Gasteiger partial charge in [-0.25, -0.2) is 0 Å². The maximum Gasteiger partial charge on any atom is 0.00388 e. The number of hydrogen-bond donors (Lipinski definition) is 1. The predicted octanol–water partition coefficient (Wildman–Crippen LogP) is 0.507. The molecule has 1 rings (SSSR count). The van der Waals surface area contributed by atoms with Crippen molar-refractivity contribution in [2.75, 3.05) is 0 Å². The Morgan fingerprint density at radius 2 is 1.57 bits per heavy atom. The first-order chi connectivity index (χ1) is 2.89. The second kappa shape index (κ2) is 3.55. The van der Waals surface area contributed by atoms with E-state index in [2.05, 4.69) is 0 Å². The van der Waals surface area contributed by atoms with Crippen LogP contribution in [0.15, 0.2) is 0 Å². The minimum atomic E-state index is 0. The molecule has 0 amide bonds. The molecule has 0 aromatic heterocycles. The molecular formula is C5H11LiN. The van der Waals surface area contributed by atoms with E-state index in [9.17, 15) is 0 Å². The minimum absolute atomic E-state index is 0. The number of nitrogens with two attached hydrogens (primary N) is 1. The van der Waals surface area contributed by atoms with E-state index in [0.29, 0.717) is 6.04 Å². The molecule has 1 saturated carbocycles. The predicted molar refractivity (Wildman–Crippen MR) is 32.2 cm³/mol. The average molecular weight is 92.1 g/mol. The van der Waals surface area contributed by atoms with Gasteiger partial charge in [-0.1, -0.05) is 12.8 Å². The molecule has 0 aromatic carbocycles. The van der Waals surface area contributed by atoms with Crippen LogP contribution in [0.3, 0.4) is 0 Å². The van der Waals surface area contributed by atoms with E-state index >= 15 is 0 Å². The standard InChI is InChI=1S/C5H11N.Li/c6-5-3-1-2-4-5;/h5H,1-4,6H2;. The van der Waals surface area contributed by atoms with Gasteiger partial charge in [-0.2, -0.15) is 0 Å². The topological polar surface area (TPSA) is 26.0 Å². The van der Waals surface area contributed by atoms with E-state index in [1.165, 1.54) is 25.7 Å².